The summed E-state index contributed by atoms with van der Waals surface area (Å²) in [5.41, 5.74) is 0.483. The Labute approximate surface area is 77.4 Å². The molecule has 0 saturated heterocycles. The van der Waals surface area contributed by atoms with Crippen molar-refractivity contribution < 1.29 is 0 Å². The van der Waals surface area contributed by atoms with Gasteiger partial charge in [-0.3, -0.25) is 0 Å². The van der Waals surface area contributed by atoms with Gasteiger partial charge in [-0.05, 0) is 37.5 Å². The fourth-order valence-corrected chi connectivity index (χ4v) is 1.34. The quantitative estimate of drug-likeness (QED) is 0.390. The molecule has 0 nitrogen and oxygen atoms in total. The Morgan fingerprint density at radius 1 is 1.00 bits per heavy atom. The van der Waals surface area contributed by atoms with Crippen LogP contribution in [-0.4, -0.2) is 0 Å². The molecule has 0 rings (SSSR count). The van der Waals surface area contributed by atoms with Crippen LogP contribution in [0.3, 0.4) is 0 Å². The van der Waals surface area contributed by atoms with Crippen LogP contribution in [0.1, 0.15) is 46.0 Å². The van der Waals surface area contributed by atoms with Crippen LogP contribution in [-0.2, 0) is 0 Å². The molecule has 0 aliphatic rings. The summed E-state index contributed by atoms with van der Waals surface area (Å²) in [5, 5.41) is 0. The fourth-order valence-electron chi connectivity index (χ4n) is 1.34. The van der Waals surface area contributed by atoms with Crippen LogP contribution in [0.2, 0.25) is 0 Å². The Kier molecular flexibility index (Phi) is 5.79. The largest absolute Gasteiger partial charge is 0.103 e. The third-order valence-corrected chi connectivity index (χ3v) is 2.29. The minimum absolute atomic E-state index is 0.483. The lowest BCUT2D eigenvalue weighted by Gasteiger charge is -2.23. The molecule has 0 amide bonds. The molecule has 0 aliphatic carbocycles. The van der Waals surface area contributed by atoms with E-state index in [0.29, 0.717) is 5.41 Å². The smallest absolute Gasteiger partial charge is 0.0348 e. The first kappa shape index (κ1) is 11.5. The lowest BCUT2D eigenvalue weighted by molar-refractivity contribution is 0.303. The molecule has 0 aromatic rings. The summed E-state index contributed by atoms with van der Waals surface area (Å²) in [6.07, 6.45) is 10.1. The van der Waals surface area contributed by atoms with Crippen molar-refractivity contribution in [3.63, 3.8) is 0 Å². The number of allylic oxidation sites excluding steroid dienone is 2. The topological polar surface area (TPSA) is 0 Å². The van der Waals surface area contributed by atoms with E-state index in [0.717, 1.165) is 12.8 Å². The van der Waals surface area contributed by atoms with Crippen molar-refractivity contribution in [1.82, 2.24) is 0 Å². The Balaban J connectivity index is 3.54. The van der Waals surface area contributed by atoms with Gasteiger partial charge in [-0.1, -0.05) is 26.0 Å². The Hall–Kier alpha value is -0.520. The molecule has 0 spiro atoms. The molecule has 0 heterocycles. The Bertz CT molecular complexity index is 131. The highest BCUT2D eigenvalue weighted by molar-refractivity contribution is 4.76. The standard InChI is InChI=1S/C12H22/c1-5-7-9-11-12(3,4)10-8-6-2/h5-6H,1-2,7-11H2,3-4H3. The lowest BCUT2D eigenvalue weighted by Crippen LogP contribution is -2.10. The first-order chi connectivity index (χ1) is 5.62. The van der Waals surface area contributed by atoms with Crippen molar-refractivity contribution >= 4 is 0 Å². The first-order valence-electron chi connectivity index (χ1n) is 4.84. The zero-order valence-corrected chi connectivity index (χ0v) is 8.60. The maximum atomic E-state index is 3.74. The molecule has 0 N–H and O–H groups in total. The van der Waals surface area contributed by atoms with Gasteiger partial charge in [0.15, 0.2) is 0 Å². The molecule has 0 saturated carbocycles. The van der Waals surface area contributed by atoms with Gasteiger partial charge < -0.3 is 0 Å². The second kappa shape index (κ2) is 6.05. The average molecular weight is 166 g/mol. The normalized spacial score (nSPS) is 11.2. The number of unbranched alkanes of at least 4 members (excludes halogenated alkanes) is 1. The molecule has 0 unspecified atom stereocenters. The van der Waals surface area contributed by atoms with Crippen LogP contribution < -0.4 is 0 Å². The summed E-state index contributed by atoms with van der Waals surface area (Å²) in [4.78, 5) is 0. The second-order valence-corrected chi connectivity index (χ2v) is 4.17. The molecular weight excluding hydrogens is 144 g/mol. The Morgan fingerprint density at radius 3 is 2.08 bits per heavy atom. The van der Waals surface area contributed by atoms with Gasteiger partial charge in [-0.2, -0.15) is 0 Å². The van der Waals surface area contributed by atoms with Gasteiger partial charge in [-0.25, -0.2) is 0 Å². The van der Waals surface area contributed by atoms with E-state index in [1.165, 1.54) is 19.3 Å². The third-order valence-electron chi connectivity index (χ3n) is 2.29. The maximum absolute atomic E-state index is 3.74. The van der Waals surface area contributed by atoms with Gasteiger partial charge in [0, 0.05) is 0 Å². The zero-order chi connectivity index (χ0) is 9.45. The molecule has 0 aliphatic heterocycles. The number of rotatable bonds is 7. The van der Waals surface area contributed by atoms with Gasteiger partial charge in [0.1, 0.15) is 0 Å². The number of hydrogen-bond acceptors (Lipinski definition) is 0. The van der Waals surface area contributed by atoms with Gasteiger partial charge >= 0.3 is 0 Å². The minimum Gasteiger partial charge on any atom is -0.103 e. The van der Waals surface area contributed by atoms with Crippen molar-refractivity contribution in [2.45, 2.75) is 46.0 Å². The van der Waals surface area contributed by atoms with Gasteiger partial charge in [0.25, 0.3) is 0 Å². The van der Waals surface area contributed by atoms with Crippen LogP contribution in [0, 0.1) is 5.41 Å². The Morgan fingerprint density at radius 2 is 1.58 bits per heavy atom. The van der Waals surface area contributed by atoms with Crippen molar-refractivity contribution in [3.05, 3.63) is 25.3 Å². The van der Waals surface area contributed by atoms with Crippen LogP contribution in [0.5, 0.6) is 0 Å². The molecule has 0 fully saturated rings. The first-order valence-corrected chi connectivity index (χ1v) is 4.84. The molecular formula is C12H22. The van der Waals surface area contributed by atoms with Gasteiger partial charge in [0.05, 0.1) is 0 Å². The van der Waals surface area contributed by atoms with E-state index >= 15 is 0 Å². The van der Waals surface area contributed by atoms with Crippen LogP contribution in [0.15, 0.2) is 25.3 Å². The van der Waals surface area contributed by atoms with E-state index in [-0.39, 0.29) is 0 Å². The van der Waals surface area contributed by atoms with E-state index in [1.807, 2.05) is 12.2 Å². The van der Waals surface area contributed by atoms with Crippen molar-refractivity contribution in [1.29, 1.82) is 0 Å². The zero-order valence-electron chi connectivity index (χ0n) is 8.60. The van der Waals surface area contributed by atoms with Crippen LogP contribution in [0.4, 0.5) is 0 Å². The van der Waals surface area contributed by atoms with E-state index < -0.39 is 0 Å². The van der Waals surface area contributed by atoms with E-state index in [1.54, 1.807) is 0 Å². The fraction of sp³-hybridized carbons (Fsp3) is 0.667. The van der Waals surface area contributed by atoms with Crippen LogP contribution in [0.25, 0.3) is 0 Å². The molecule has 0 radical (unpaired) electrons. The highest BCUT2D eigenvalue weighted by atomic mass is 14.2. The van der Waals surface area contributed by atoms with Gasteiger partial charge in [-0.15, -0.1) is 13.2 Å². The maximum Gasteiger partial charge on any atom is -0.0348 e. The average Bonchev–Trinajstić information content (AvgIpc) is 2.01. The highest BCUT2D eigenvalue weighted by Gasteiger charge is 2.15. The third kappa shape index (κ3) is 6.21. The number of hydrogen-bond donors (Lipinski definition) is 0. The molecule has 0 aromatic carbocycles. The van der Waals surface area contributed by atoms with E-state index in [4.69, 9.17) is 0 Å². The van der Waals surface area contributed by atoms with Crippen molar-refractivity contribution in [3.8, 4) is 0 Å². The SMILES string of the molecule is C=CCCCC(C)(C)CCC=C. The molecule has 0 heteroatoms. The molecule has 0 bridgehead atoms. The monoisotopic (exact) mass is 166 g/mol. The summed E-state index contributed by atoms with van der Waals surface area (Å²) in [6, 6.07) is 0. The summed E-state index contributed by atoms with van der Waals surface area (Å²) < 4.78 is 0. The molecule has 70 valence electrons. The summed E-state index contributed by atoms with van der Waals surface area (Å²) in [6.45, 7) is 12.1. The summed E-state index contributed by atoms with van der Waals surface area (Å²) in [5.74, 6) is 0. The van der Waals surface area contributed by atoms with Crippen LogP contribution >= 0.6 is 0 Å². The van der Waals surface area contributed by atoms with Crippen molar-refractivity contribution in [2.75, 3.05) is 0 Å². The lowest BCUT2D eigenvalue weighted by atomic mass is 9.83. The molecule has 0 aromatic heterocycles. The van der Waals surface area contributed by atoms with E-state index in [2.05, 4.69) is 27.0 Å². The van der Waals surface area contributed by atoms with Gasteiger partial charge in [0.2, 0.25) is 0 Å². The molecule has 0 atom stereocenters. The van der Waals surface area contributed by atoms with E-state index in [9.17, 15) is 0 Å². The summed E-state index contributed by atoms with van der Waals surface area (Å²) in [7, 11) is 0. The minimum atomic E-state index is 0.483. The summed E-state index contributed by atoms with van der Waals surface area (Å²) >= 11 is 0. The predicted octanol–water partition coefficient (Wildman–Crippen LogP) is 4.34. The second-order valence-electron chi connectivity index (χ2n) is 4.17. The predicted molar refractivity (Wildman–Crippen MR) is 57.3 cm³/mol. The van der Waals surface area contributed by atoms with Crippen molar-refractivity contribution in [2.24, 2.45) is 5.41 Å². The molecule has 12 heavy (non-hydrogen) atoms. The highest BCUT2D eigenvalue weighted by Crippen LogP contribution is 2.28.